The van der Waals surface area contributed by atoms with Gasteiger partial charge in [-0.1, -0.05) is 0 Å². The van der Waals surface area contributed by atoms with E-state index in [-0.39, 0.29) is 24.6 Å². The van der Waals surface area contributed by atoms with Gasteiger partial charge in [0, 0.05) is 13.7 Å². The first-order valence-electron chi connectivity index (χ1n) is 5.38. The lowest BCUT2D eigenvalue weighted by Gasteiger charge is -2.13. The number of methoxy groups -OCH3 is 2. The molecule has 0 aromatic rings. The standard InChI is InChI=1S/C10H18N2O5/c1-16-6-3-7(11-4-6)9(14)12-5-8(13)10(15)17-2/h6-8,11,13H,3-5H2,1-2H3,(H,12,14). The molecular formula is C10H18N2O5. The molecule has 3 unspecified atom stereocenters. The van der Waals surface area contributed by atoms with Crippen molar-refractivity contribution in [3.05, 3.63) is 0 Å². The van der Waals surface area contributed by atoms with Gasteiger partial charge in [0.2, 0.25) is 5.91 Å². The van der Waals surface area contributed by atoms with Crippen molar-refractivity contribution in [2.24, 2.45) is 0 Å². The molecule has 3 N–H and O–H groups in total. The zero-order valence-electron chi connectivity index (χ0n) is 9.93. The van der Waals surface area contributed by atoms with Crippen LogP contribution in [0.3, 0.4) is 0 Å². The van der Waals surface area contributed by atoms with Crippen molar-refractivity contribution in [1.82, 2.24) is 10.6 Å². The summed E-state index contributed by atoms with van der Waals surface area (Å²) >= 11 is 0. The van der Waals surface area contributed by atoms with Gasteiger partial charge >= 0.3 is 5.97 Å². The largest absolute Gasteiger partial charge is 0.467 e. The van der Waals surface area contributed by atoms with Crippen LogP contribution in [0.1, 0.15) is 6.42 Å². The first-order chi connectivity index (χ1) is 8.08. The smallest absolute Gasteiger partial charge is 0.336 e. The van der Waals surface area contributed by atoms with E-state index in [9.17, 15) is 14.7 Å². The van der Waals surface area contributed by atoms with Crippen molar-refractivity contribution >= 4 is 11.9 Å². The highest BCUT2D eigenvalue weighted by Crippen LogP contribution is 2.09. The van der Waals surface area contributed by atoms with E-state index in [1.165, 1.54) is 7.11 Å². The summed E-state index contributed by atoms with van der Waals surface area (Å²) < 4.78 is 9.44. The van der Waals surface area contributed by atoms with Crippen LogP contribution in [-0.4, -0.2) is 62.5 Å². The van der Waals surface area contributed by atoms with Gasteiger partial charge in [0.25, 0.3) is 0 Å². The van der Waals surface area contributed by atoms with Crippen LogP contribution < -0.4 is 10.6 Å². The van der Waals surface area contributed by atoms with E-state index in [1.54, 1.807) is 7.11 Å². The summed E-state index contributed by atoms with van der Waals surface area (Å²) in [6.45, 7) is 0.468. The van der Waals surface area contributed by atoms with Crippen LogP contribution in [0.4, 0.5) is 0 Å². The first-order valence-corrected chi connectivity index (χ1v) is 5.38. The molecule has 0 aliphatic carbocycles. The number of esters is 1. The van der Waals surface area contributed by atoms with Crippen LogP contribution in [0.25, 0.3) is 0 Å². The fourth-order valence-electron chi connectivity index (χ4n) is 1.62. The minimum atomic E-state index is -1.33. The Hall–Kier alpha value is -1.18. The van der Waals surface area contributed by atoms with Crippen LogP contribution in [0.5, 0.6) is 0 Å². The molecule has 0 radical (unpaired) electrons. The van der Waals surface area contributed by atoms with Gasteiger partial charge in [0.15, 0.2) is 6.10 Å². The van der Waals surface area contributed by atoms with Crippen LogP contribution in [0, 0.1) is 0 Å². The third-order valence-electron chi connectivity index (χ3n) is 2.68. The Balaban J connectivity index is 2.28. The molecule has 0 saturated carbocycles. The van der Waals surface area contributed by atoms with Gasteiger partial charge in [-0.3, -0.25) is 4.79 Å². The average Bonchev–Trinajstić information content (AvgIpc) is 2.83. The second kappa shape index (κ2) is 6.53. The molecule has 1 aliphatic heterocycles. The van der Waals surface area contributed by atoms with Gasteiger partial charge in [-0.15, -0.1) is 0 Å². The van der Waals surface area contributed by atoms with E-state index in [0.29, 0.717) is 13.0 Å². The molecule has 1 fully saturated rings. The topological polar surface area (TPSA) is 96.9 Å². The van der Waals surface area contributed by atoms with Gasteiger partial charge in [0.05, 0.1) is 25.8 Å². The predicted octanol–water partition coefficient (Wildman–Crippen LogP) is -1.99. The third-order valence-corrected chi connectivity index (χ3v) is 2.68. The van der Waals surface area contributed by atoms with E-state index in [0.717, 1.165) is 0 Å². The fraction of sp³-hybridized carbons (Fsp3) is 0.800. The molecule has 0 spiro atoms. The number of amides is 1. The number of ether oxygens (including phenoxy) is 2. The van der Waals surface area contributed by atoms with Gasteiger partial charge in [-0.2, -0.15) is 0 Å². The van der Waals surface area contributed by atoms with Crippen LogP contribution >= 0.6 is 0 Å². The third kappa shape index (κ3) is 3.95. The molecule has 98 valence electrons. The van der Waals surface area contributed by atoms with Crippen molar-refractivity contribution in [3.8, 4) is 0 Å². The zero-order chi connectivity index (χ0) is 12.8. The second-order valence-corrected chi connectivity index (χ2v) is 3.84. The Morgan fingerprint density at radius 1 is 1.53 bits per heavy atom. The molecule has 0 bridgehead atoms. The Morgan fingerprint density at radius 2 is 2.24 bits per heavy atom. The number of hydrogen-bond donors (Lipinski definition) is 3. The minimum absolute atomic E-state index is 0.0243. The summed E-state index contributed by atoms with van der Waals surface area (Å²) in [6, 6.07) is -0.343. The van der Waals surface area contributed by atoms with Crippen molar-refractivity contribution in [2.75, 3.05) is 27.3 Å². The minimum Gasteiger partial charge on any atom is -0.467 e. The number of hydrogen-bond acceptors (Lipinski definition) is 6. The van der Waals surface area contributed by atoms with E-state index in [1.807, 2.05) is 0 Å². The van der Waals surface area contributed by atoms with Crippen LogP contribution in [0.2, 0.25) is 0 Å². The molecule has 7 nitrogen and oxygen atoms in total. The molecule has 1 rings (SSSR count). The number of carbonyl (C=O) groups excluding carboxylic acids is 2. The number of aliphatic hydroxyl groups is 1. The Kier molecular flexibility index (Phi) is 5.33. The van der Waals surface area contributed by atoms with E-state index >= 15 is 0 Å². The van der Waals surface area contributed by atoms with E-state index in [4.69, 9.17) is 4.74 Å². The Bertz CT molecular complexity index is 284. The van der Waals surface area contributed by atoms with Crippen molar-refractivity contribution < 1.29 is 24.2 Å². The second-order valence-electron chi connectivity index (χ2n) is 3.84. The molecule has 17 heavy (non-hydrogen) atoms. The van der Waals surface area contributed by atoms with E-state index in [2.05, 4.69) is 15.4 Å². The molecule has 0 aromatic carbocycles. The summed E-state index contributed by atoms with van der Waals surface area (Å²) in [5, 5.41) is 14.7. The van der Waals surface area contributed by atoms with Crippen molar-refractivity contribution in [3.63, 3.8) is 0 Å². The van der Waals surface area contributed by atoms with Crippen molar-refractivity contribution in [1.29, 1.82) is 0 Å². The van der Waals surface area contributed by atoms with Crippen LogP contribution in [0.15, 0.2) is 0 Å². The normalized spacial score (nSPS) is 25.4. The molecule has 1 heterocycles. The monoisotopic (exact) mass is 246 g/mol. The molecular weight excluding hydrogens is 228 g/mol. The predicted molar refractivity (Wildman–Crippen MR) is 58.2 cm³/mol. The zero-order valence-corrected chi connectivity index (χ0v) is 9.93. The van der Waals surface area contributed by atoms with Gasteiger partial charge in [-0.25, -0.2) is 4.79 Å². The average molecular weight is 246 g/mol. The SMILES string of the molecule is COC(=O)C(O)CNC(=O)C1CC(OC)CN1. The highest BCUT2D eigenvalue weighted by Gasteiger charge is 2.29. The lowest BCUT2D eigenvalue weighted by Crippen LogP contribution is -2.45. The molecule has 1 amide bonds. The fourth-order valence-corrected chi connectivity index (χ4v) is 1.62. The molecule has 0 aromatic heterocycles. The molecule has 1 saturated heterocycles. The summed E-state index contributed by atoms with van der Waals surface area (Å²) in [6.07, 6.45) is -0.726. The summed E-state index contributed by atoms with van der Waals surface area (Å²) in [4.78, 5) is 22.5. The molecule has 1 aliphatic rings. The highest BCUT2D eigenvalue weighted by molar-refractivity contribution is 5.83. The number of carbonyl (C=O) groups is 2. The summed E-state index contributed by atoms with van der Waals surface area (Å²) in [7, 11) is 2.77. The first kappa shape index (κ1) is 13.9. The summed E-state index contributed by atoms with van der Waals surface area (Å²) in [5.41, 5.74) is 0. The van der Waals surface area contributed by atoms with Gasteiger partial charge < -0.3 is 25.2 Å². The maximum Gasteiger partial charge on any atom is 0.336 e. The van der Waals surface area contributed by atoms with Crippen LogP contribution in [-0.2, 0) is 19.1 Å². The maximum atomic E-state index is 11.6. The van der Waals surface area contributed by atoms with Gasteiger partial charge in [-0.05, 0) is 6.42 Å². The molecule has 7 heteroatoms. The van der Waals surface area contributed by atoms with E-state index < -0.39 is 12.1 Å². The Labute approximate surface area is 99.5 Å². The van der Waals surface area contributed by atoms with Crippen molar-refractivity contribution in [2.45, 2.75) is 24.7 Å². The maximum absolute atomic E-state index is 11.6. The quantitative estimate of drug-likeness (QED) is 0.486. The lowest BCUT2D eigenvalue weighted by atomic mass is 10.2. The summed E-state index contributed by atoms with van der Waals surface area (Å²) in [5.74, 6) is -1.02. The molecule has 3 atom stereocenters. The van der Waals surface area contributed by atoms with Gasteiger partial charge in [0.1, 0.15) is 0 Å². The lowest BCUT2D eigenvalue weighted by molar-refractivity contribution is -0.150. The Morgan fingerprint density at radius 3 is 2.76 bits per heavy atom. The number of aliphatic hydroxyl groups excluding tert-OH is 1. The number of nitrogens with one attached hydrogen (secondary N) is 2. The highest BCUT2D eigenvalue weighted by atomic mass is 16.5. The number of rotatable bonds is 5.